The van der Waals surface area contributed by atoms with Crippen LogP contribution in [-0.4, -0.2) is 25.5 Å². The molecule has 1 N–H and O–H groups in total. The van der Waals surface area contributed by atoms with Gasteiger partial charge in [0.15, 0.2) is 0 Å². The van der Waals surface area contributed by atoms with Crippen LogP contribution >= 0.6 is 0 Å². The molecule has 0 radical (unpaired) electrons. The molecular weight excluding hydrogens is 340 g/mol. The van der Waals surface area contributed by atoms with Gasteiger partial charge in [0, 0.05) is 30.4 Å². The van der Waals surface area contributed by atoms with Gasteiger partial charge >= 0.3 is 0 Å². The molecule has 1 aliphatic rings. The van der Waals surface area contributed by atoms with Gasteiger partial charge in [-0.15, -0.1) is 0 Å². The summed E-state index contributed by atoms with van der Waals surface area (Å²) in [6, 6.07) is 15.2. The molecule has 2 amide bonds. The Bertz CT molecular complexity index is 834. The summed E-state index contributed by atoms with van der Waals surface area (Å²) in [5.74, 6) is 0.535. The van der Waals surface area contributed by atoms with E-state index in [1.807, 2.05) is 48.5 Å². The first-order valence-corrected chi connectivity index (χ1v) is 9.37. The van der Waals surface area contributed by atoms with Crippen molar-refractivity contribution in [3.8, 4) is 5.75 Å². The summed E-state index contributed by atoms with van der Waals surface area (Å²) < 4.78 is 5.23. The van der Waals surface area contributed by atoms with E-state index >= 15 is 0 Å². The van der Waals surface area contributed by atoms with E-state index in [-0.39, 0.29) is 24.2 Å². The van der Waals surface area contributed by atoms with Crippen molar-refractivity contribution in [3.63, 3.8) is 0 Å². The van der Waals surface area contributed by atoms with Crippen LogP contribution in [-0.2, 0) is 9.59 Å². The number of para-hydroxylation sites is 1. The zero-order valence-electron chi connectivity index (χ0n) is 16.1. The topological polar surface area (TPSA) is 58.6 Å². The van der Waals surface area contributed by atoms with Crippen molar-refractivity contribution in [2.75, 3.05) is 23.9 Å². The van der Waals surface area contributed by atoms with E-state index in [9.17, 15) is 9.59 Å². The lowest BCUT2D eigenvalue weighted by Crippen LogP contribution is -2.28. The van der Waals surface area contributed by atoms with E-state index in [0.717, 1.165) is 23.4 Å². The number of hydrogen-bond donors (Lipinski definition) is 1. The Labute approximate surface area is 160 Å². The fourth-order valence-corrected chi connectivity index (χ4v) is 3.41. The third-order valence-corrected chi connectivity index (χ3v) is 5.22. The number of carbonyl (C=O) groups is 2. The highest BCUT2D eigenvalue weighted by atomic mass is 16.5. The average Bonchev–Trinajstić information content (AvgIpc) is 3.09. The molecule has 2 aromatic rings. The van der Waals surface area contributed by atoms with E-state index in [1.165, 1.54) is 0 Å². The van der Waals surface area contributed by atoms with Crippen molar-refractivity contribution in [2.45, 2.75) is 32.6 Å². The van der Waals surface area contributed by atoms with Gasteiger partial charge in [-0.2, -0.15) is 0 Å². The molecule has 2 atom stereocenters. The number of benzene rings is 2. The van der Waals surface area contributed by atoms with Gasteiger partial charge in [0.2, 0.25) is 11.8 Å². The number of methoxy groups -OCH3 is 1. The minimum atomic E-state index is -0.367. The lowest BCUT2D eigenvalue weighted by atomic mass is 9.96. The molecule has 0 spiro atoms. The van der Waals surface area contributed by atoms with Gasteiger partial charge < -0.3 is 15.0 Å². The highest BCUT2D eigenvalue weighted by molar-refractivity contribution is 6.03. The highest BCUT2D eigenvalue weighted by Crippen LogP contribution is 2.30. The van der Waals surface area contributed by atoms with E-state index in [0.29, 0.717) is 18.2 Å². The van der Waals surface area contributed by atoms with Crippen molar-refractivity contribution < 1.29 is 14.3 Å². The minimum absolute atomic E-state index is 0.0429. The Kier molecular flexibility index (Phi) is 5.79. The molecule has 2 aromatic carbocycles. The second-order valence-corrected chi connectivity index (χ2v) is 6.99. The molecule has 5 nitrogen and oxygen atoms in total. The van der Waals surface area contributed by atoms with Gasteiger partial charge in [0.25, 0.3) is 0 Å². The summed E-state index contributed by atoms with van der Waals surface area (Å²) in [5.41, 5.74) is 2.72. The summed E-state index contributed by atoms with van der Waals surface area (Å²) in [6.45, 7) is 4.66. The molecule has 0 unspecified atom stereocenters. The zero-order chi connectivity index (χ0) is 19.4. The number of amides is 2. The third-order valence-electron chi connectivity index (χ3n) is 5.22. The van der Waals surface area contributed by atoms with Gasteiger partial charge in [0.1, 0.15) is 5.75 Å². The van der Waals surface area contributed by atoms with Gasteiger partial charge in [-0.05, 0) is 36.1 Å². The van der Waals surface area contributed by atoms with Crippen LogP contribution in [0.5, 0.6) is 5.75 Å². The first kappa shape index (κ1) is 19.0. The summed E-state index contributed by atoms with van der Waals surface area (Å²) in [6.07, 6.45) is 1.22. The van der Waals surface area contributed by atoms with Crippen LogP contribution in [0.2, 0.25) is 0 Å². The number of ether oxygens (including phenoxy) is 1. The number of anilines is 2. The quantitative estimate of drug-likeness (QED) is 0.833. The smallest absolute Gasteiger partial charge is 0.229 e. The standard InChI is InChI=1S/C22H26N2O3/c1-4-15(2)19-10-5-6-11-20(19)23-22(26)16-12-21(25)24(14-16)17-8-7-9-18(13-17)27-3/h5-11,13,15-16H,4,12,14H2,1-3H3,(H,23,26)/t15-,16-/m1/s1. The summed E-state index contributed by atoms with van der Waals surface area (Å²) >= 11 is 0. The monoisotopic (exact) mass is 366 g/mol. The Morgan fingerprint density at radius 1 is 1.26 bits per heavy atom. The van der Waals surface area contributed by atoms with Gasteiger partial charge in [-0.25, -0.2) is 0 Å². The molecule has 1 aliphatic heterocycles. The number of hydrogen-bond acceptors (Lipinski definition) is 3. The highest BCUT2D eigenvalue weighted by Gasteiger charge is 2.35. The van der Waals surface area contributed by atoms with Crippen molar-refractivity contribution in [1.82, 2.24) is 0 Å². The first-order valence-electron chi connectivity index (χ1n) is 9.37. The number of carbonyl (C=O) groups excluding carboxylic acids is 2. The fraction of sp³-hybridized carbons (Fsp3) is 0.364. The molecule has 5 heteroatoms. The van der Waals surface area contributed by atoms with Crippen LogP contribution in [0.3, 0.4) is 0 Å². The number of nitrogens with zero attached hydrogens (tertiary/aromatic N) is 1. The molecule has 1 heterocycles. The summed E-state index contributed by atoms with van der Waals surface area (Å²) in [5, 5.41) is 3.04. The number of rotatable bonds is 6. The van der Waals surface area contributed by atoms with Crippen LogP contribution in [0.25, 0.3) is 0 Å². The molecule has 0 aliphatic carbocycles. The molecular formula is C22H26N2O3. The lowest BCUT2D eigenvalue weighted by molar-refractivity contribution is -0.122. The Balaban J connectivity index is 1.73. The Hall–Kier alpha value is -2.82. The van der Waals surface area contributed by atoms with Crippen molar-refractivity contribution in [2.24, 2.45) is 5.92 Å². The van der Waals surface area contributed by atoms with Crippen molar-refractivity contribution >= 4 is 23.2 Å². The predicted molar refractivity (Wildman–Crippen MR) is 107 cm³/mol. The van der Waals surface area contributed by atoms with Gasteiger partial charge in [-0.1, -0.05) is 38.1 Å². The summed E-state index contributed by atoms with van der Waals surface area (Å²) in [7, 11) is 1.59. The lowest BCUT2D eigenvalue weighted by Gasteiger charge is -2.19. The minimum Gasteiger partial charge on any atom is -0.497 e. The normalized spacial score (nSPS) is 17.7. The van der Waals surface area contributed by atoms with Crippen molar-refractivity contribution in [1.29, 1.82) is 0 Å². The largest absolute Gasteiger partial charge is 0.497 e. The average molecular weight is 366 g/mol. The van der Waals surface area contributed by atoms with Crippen LogP contribution in [0.4, 0.5) is 11.4 Å². The Morgan fingerprint density at radius 2 is 2.04 bits per heavy atom. The fourth-order valence-electron chi connectivity index (χ4n) is 3.41. The van der Waals surface area contributed by atoms with E-state index < -0.39 is 0 Å². The molecule has 1 saturated heterocycles. The van der Waals surface area contributed by atoms with E-state index in [1.54, 1.807) is 12.0 Å². The third kappa shape index (κ3) is 4.13. The molecule has 142 valence electrons. The maximum absolute atomic E-state index is 12.8. The number of nitrogens with one attached hydrogen (secondary N) is 1. The maximum Gasteiger partial charge on any atom is 0.229 e. The predicted octanol–water partition coefficient (Wildman–Crippen LogP) is 4.20. The van der Waals surface area contributed by atoms with Crippen LogP contribution in [0, 0.1) is 5.92 Å². The molecule has 0 bridgehead atoms. The van der Waals surface area contributed by atoms with E-state index in [2.05, 4.69) is 19.2 Å². The SMILES string of the molecule is CC[C@@H](C)c1ccccc1NC(=O)[C@@H]1CC(=O)N(c2cccc(OC)c2)C1. The molecule has 0 aromatic heterocycles. The molecule has 27 heavy (non-hydrogen) atoms. The second-order valence-electron chi connectivity index (χ2n) is 6.99. The van der Waals surface area contributed by atoms with Gasteiger partial charge in [0.05, 0.1) is 13.0 Å². The van der Waals surface area contributed by atoms with E-state index in [4.69, 9.17) is 4.74 Å². The Morgan fingerprint density at radius 3 is 2.78 bits per heavy atom. The molecule has 1 fully saturated rings. The maximum atomic E-state index is 12.8. The molecule has 3 rings (SSSR count). The first-order chi connectivity index (χ1) is 13.0. The zero-order valence-corrected chi connectivity index (χ0v) is 16.1. The van der Waals surface area contributed by atoms with Gasteiger partial charge in [-0.3, -0.25) is 9.59 Å². The van der Waals surface area contributed by atoms with Crippen LogP contribution in [0.15, 0.2) is 48.5 Å². The van der Waals surface area contributed by atoms with Crippen molar-refractivity contribution in [3.05, 3.63) is 54.1 Å². The van der Waals surface area contributed by atoms with Crippen LogP contribution < -0.4 is 15.0 Å². The van der Waals surface area contributed by atoms with Crippen LogP contribution in [0.1, 0.15) is 38.2 Å². The summed E-state index contributed by atoms with van der Waals surface area (Å²) in [4.78, 5) is 26.9. The second kappa shape index (κ2) is 8.25. The molecule has 0 saturated carbocycles.